The topological polar surface area (TPSA) is 142 Å². The maximum Gasteiger partial charge on any atom is 0.289 e. The predicted molar refractivity (Wildman–Crippen MR) is 88.6 cm³/mol. The fourth-order valence-electron chi connectivity index (χ4n) is 1.92. The number of ether oxygens (including phenoxy) is 1. The second kappa shape index (κ2) is 6.91. The minimum atomic E-state index is -4.31. The van der Waals surface area contributed by atoms with Crippen LogP contribution in [0.15, 0.2) is 41.3 Å². The number of sulfonamides is 1. The van der Waals surface area contributed by atoms with Crippen molar-refractivity contribution < 1.29 is 23.0 Å². The SMILES string of the molecule is COc1ccc([N+](=O)[O-])cc1S(=O)(=O)Nc1ccc(Cl)c([N+](=O)[O-])c1. The first kappa shape index (κ1) is 18.4. The molecule has 12 heteroatoms. The average Bonchev–Trinajstić information content (AvgIpc) is 2.55. The van der Waals surface area contributed by atoms with Crippen molar-refractivity contribution in [3.05, 3.63) is 61.6 Å². The molecule has 0 aromatic heterocycles. The largest absolute Gasteiger partial charge is 0.495 e. The van der Waals surface area contributed by atoms with Crippen LogP contribution in [0, 0.1) is 20.2 Å². The van der Waals surface area contributed by atoms with E-state index in [2.05, 4.69) is 4.72 Å². The Morgan fingerprint density at radius 1 is 1.08 bits per heavy atom. The molecule has 25 heavy (non-hydrogen) atoms. The molecule has 0 bridgehead atoms. The number of hydrogen-bond acceptors (Lipinski definition) is 7. The first-order chi connectivity index (χ1) is 11.7. The maximum atomic E-state index is 12.5. The number of halogens is 1. The molecule has 2 aromatic carbocycles. The summed E-state index contributed by atoms with van der Waals surface area (Å²) in [6, 6.07) is 6.36. The Bertz CT molecular complexity index is 962. The molecule has 0 unspecified atom stereocenters. The van der Waals surface area contributed by atoms with Crippen LogP contribution in [-0.2, 0) is 10.0 Å². The van der Waals surface area contributed by atoms with Crippen LogP contribution in [-0.4, -0.2) is 25.4 Å². The number of nitrogens with one attached hydrogen (secondary N) is 1. The van der Waals surface area contributed by atoms with Crippen molar-refractivity contribution in [2.24, 2.45) is 0 Å². The Kier molecular flexibility index (Phi) is 5.09. The highest BCUT2D eigenvalue weighted by molar-refractivity contribution is 7.92. The van der Waals surface area contributed by atoms with Crippen molar-refractivity contribution in [3.63, 3.8) is 0 Å². The number of non-ortho nitro benzene ring substituents is 1. The standard InChI is InChI=1S/C13H10ClN3O7S/c1-24-12-5-3-9(16(18)19)7-13(12)25(22,23)15-8-2-4-10(14)11(6-8)17(20)21/h2-7,15H,1H3. The van der Waals surface area contributed by atoms with Crippen LogP contribution in [0.25, 0.3) is 0 Å². The van der Waals surface area contributed by atoms with Crippen LogP contribution < -0.4 is 9.46 Å². The Balaban J connectivity index is 2.49. The maximum absolute atomic E-state index is 12.5. The summed E-state index contributed by atoms with van der Waals surface area (Å²) >= 11 is 5.67. The lowest BCUT2D eigenvalue weighted by molar-refractivity contribution is -0.385. The van der Waals surface area contributed by atoms with Gasteiger partial charge in [-0.25, -0.2) is 8.42 Å². The van der Waals surface area contributed by atoms with Crippen LogP contribution in [0.5, 0.6) is 5.75 Å². The highest BCUT2D eigenvalue weighted by Gasteiger charge is 2.24. The van der Waals surface area contributed by atoms with Crippen LogP contribution in [0.4, 0.5) is 17.1 Å². The second-order valence-electron chi connectivity index (χ2n) is 4.62. The van der Waals surface area contributed by atoms with E-state index >= 15 is 0 Å². The van der Waals surface area contributed by atoms with Gasteiger partial charge in [-0.15, -0.1) is 0 Å². The third-order valence-corrected chi connectivity index (χ3v) is 4.76. The van der Waals surface area contributed by atoms with Gasteiger partial charge < -0.3 is 4.74 Å². The van der Waals surface area contributed by atoms with Gasteiger partial charge in [-0.2, -0.15) is 0 Å². The predicted octanol–water partition coefficient (Wildman–Crippen LogP) is 2.97. The normalized spacial score (nSPS) is 11.0. The number of methoxy groups -OCH3 is 1. The number of rotatable bonds is 6. The third kappa shape index (κ3) is 3.95. The monoisotopic (exact) mass is 387 g/mol. The quantitative estimate of drug-likeness (QED) is 0.592. The average molecular weight is 388 g/mol. The summed E-state index contributed by atoms with van der Waals surface area (Å²) in [5.74, 6) is -0.124. The fourth-order valence-corrected chi connectivity index (χ4v) is 3.34. The summed E-state index contributed by atoms with van der Waals surface area (Å²) in [6.45, 7) is 0. The van der Waals surface area contributed by atoms with Crippen molar-refractivity contribution in [1.29, 1.82) is 0 Å². The van der Waals surface area contributed by atoms with E-state index in [4.69, 9.17) is 16.3 Å². The molecule has 0 atom stereocenters. The fraction of sp³-hybridized carbons (Fsp3) is 0.0769. The smallest absolute Gasteiger partial charge is 0.289 e. The molecular formula is C13H10ClN3O7S. The molecule has 0 aliphatic heterocycles. The molecule has 2 aromatic rings. The van der Waals surface area contributed by atoms with Crippen LogP contribution in [0.2, 0.25) is 5.02 Å². The minimum absolute atomic E-state index is 0.124. The molecule has 0 aliphatic carbocycles. The van der Waals surface area contributed by atoms with Gasteiger partial charge in [0.05, 0.1) is 22.6 Å². The second-order valence-corrected chi connectivity index (χ2v) is 6.68. The van der Waals surface area contributed by atoms with Gasteiger partial charge in [-0.05, 0) is 18.2 Å². The highest BCUT2D eigenvalue weighted by Crippen LogP contribution is 2.32. The van der Waals surface area contributed by atoms with E-state index in [0.29, 0.717) is 0 Å². The lowest BCUT2D eigenvalue weighted by Crippen LogP contribution is -2.14. The minimum Gasteiger partial charge on any atom is -0.495 e. The van der Waals surface area contributed by atoms with E-state index in [-0.39, 0.29) is 16.5 Å². The molecule has 2 rings (SSSR count). The van der Waals surface area contributed by atoms with E-state index in [1.165, 1.54) is 13.2 Å². The first-order valence-corrected chi connectivity index (χ1v) is 8.31. The van der Waals surface area contributed by atoms with Crippen LogP contribution in [0.3, 0.4) is 0 Å². The van der Waals surface area contributed by atoms with Crippen molar-refractivity contribution in [2.45, 2.75) is 4.90 Å². The molecule has 1 N–H and O–H groups in total. The van der Waals surface area contributed by atoms with E-state index in [1.807, 2.05) is 0 Å². The number of nitro groups is 2. The molecule has 132 valence electrons. The Hall–Kier alpha value is -2.92. The molecule has 0 fully saturated rings. The van der Waals surface area contributed by atoms with Gasteiger partial charge in [0, 0.05) is 18.2 Å². The van der Waals surface area contributed by atoms with E-state index in [9.17, 15) is 28.6 Å². The summed E-state index contributed by atoms with van der Waals surface area (Å²) in [7, 11) is -3.11. The van der Waals surface area contributed by atoms with Crippen molar-refractivity contribution in [2.75, 3.05) is 11.8 Å². The van der Waals surface area contributed by atoms with Gasteiger partial charge in [0.2, 0.25) is 0 Å². The zero-order valence-corrected chi connectivity index (χ0v) is 14.1. The van der Waals surface area contributed by atoms with Gasteiger partial charge in [0.15, 0.2) is 0 Å². The van der Waals surface area contributed by atoms with Crippen LogP contribution in [0.1, 0.15) is 0 Å². The van der Waals surface area contributed by atoms with Gasteiger partial charge in [-0.1, -0.05) is 11.6 Å². The van der Waals surface area contributed by atoms with E-state index < -0.39 is 36.1 Å². The molecule has 0 heterocycles. The molecule has 0 aliphatic rings. The number of benzene rings is 2. The highest BCUT2D eigenvalue weighted by atomic mass is 35.5. The summed E-state index contributed by atoms with van der Waals surface area (Å²) in [6.07, 6.45) is 0. The summed E-state index contributed by atoms with van der Waals surface area (Å²) in [5, 5.41) is 21.6. The van der Waals surface area contributed by atoms with Gasteiger partial charge >= 0.3 is 0 Å². The lowest BCUT2D eigenvalue weighted by Gasteiger charge is -2.11. The van der Waals surface area contributed by atoms with Gasteiger partial charge in [-0.3, -0.25) is 25.0 Å². The zero-order chi connectivity index (χ0) is 18.8. The van der Waals surface area contributed by atoms with Gasteiger partial charge in [0.1, 0.15) is 15.7 Å². The Labute approximate surface area is 146 Å². The van der Waals surface area contributed by atoms with Gasteiger partial charge in [0.25, 0.3) is 21.4 Å². The van der Waals surface area contributed by atoms with Crippen LogP contribution >= 0.6 is 11.6 Å². The number of nitro benzene ring substituents is 2. The Morgan fingerprint density at radius 3 is 2.32 bits per heavy atom. The zero-order valence-electron chi connectivity index (χ0n) is 12.5. The van der Waals surface area contributed by atoms with E-state index in [1.54, 1.807) is 0 Å². The molecule has 0 saturated carbocycles. The molecule has 0 saturated heterocycles. The first-order valence-electron chi connectivity index (χ1n) is 6.45. The summed E-state index contributed by atoms with van der Waals surface area (Å²) in [4.78, 5) is 19.7. The Morgan fingerprint density at radius 2 is 1.76 bits per heavy atom. The molecule has 0 amide bonds. The molecule has 0 radical (unpaired) electrons. The summed E-state index contributed by atoms with van der Waals surface area (Å²) in [5.41, 5.74) is -1.08. The molecule has 0 spiro atoms. The van der Waals surface area contributed by atoms with Crippen molar-refractivity contribution >= 4 is 38.7 Å². The van der Waals surface area contributed by atoms with E-state index in [0.717, 1.165) is 30.3 Å². The summed E-state index contributed by atoms with van der Waals surface area (Å²) < 4.78 is 32.0. The third-order valence-electron chi connectivity index (χ3n) is 3.04. The van der Waals surface area contributed by atoms with Crippen molar-refractivity contribution in [3.8, 4) is 5.75 Å². The molecular weight excluding hydrogens is 378 g/mol. The number of anilines is 1. The lowest BCUT2D eigenvalue weighted by atomic mass is 10.3. The number of nitrogens with zero attached hydrogens (tertiary/aromatic N) is 2. The number of hydrogen-bond donors (Lipinski definition) is 1. The van der Waals surface area contributed by atoms with Crippen molar-refractivity contribution in [1.82, 2.24) is 0 Å². The molecule has 10 nitrogen and oxygen atoms in total.